The Hall–Kier alpha value is -1.56. The Morgan fingerprint density at radius 2 is 1.65 bits per heavy atom. The lowest BCUT2D eigenvalue weighted by molar-refractivity contribution is -0.137. The zero-order valence-electron chi connectivity index (χ0n) is 13.2. The Morgan fingerprint density at radius 3 is 2.17 bits per heavy atom. The Labute approximate surface area is 134 Å². The summed E-state index contributed by atoms with van der Waals surface area (Å²) in [5.41, 5.74) is -0.349. The maximum atomic E-state index is 12.5. The van der Waals surface area contributed by atoms with E-state index in [0.717, 1.165) is 25.0 Å². The number of benzene rings is 1. The molecule has 0 unspecified atom stereocenters. The molecule has 0 radical (unpaired) electrons. The first-order valence-corrected chi connectivity index (χ1v) is 8.10. The molecular formula is C17H23F3N2O. The SMILES string of the molecule is C[C@H](NC1CCCCCC1)C(=O)Nc1ccc(C(F)(F)F)cc1. The largest absolute Gasteiger partial charge is 0.416 e. The van der Waals surface area contributed by atoms with E-state index in [2.05, 4.69) is 10.6 Å². The predicted octanol–water partition coefficient (Wildman–Crippen LogP) is 4.34. The van der Waals surface area contributed by atoms with Crippen molar-refractivity contribution in [2.75, 3.05) is 5.32 Å². The number of nitrogens with one attached hydrogen (secondary N) is 2. The van der Waals surface area contributed by atoms with Crippen molar-refractivity contribution in [2.45, 2.75) is 63.7 Å². The molecule has 0 spiro atoms. The lowest BCUT2D eigenvalue weighted by Crippen LogP contribution is -2.43. The molecule has 1 fully saturated rings. The molecule has 1 aromatic carbocycles. The highest BCUT2D eigenvalue weighted by molar-refractivity contribution is 5.94. The van der Waals surface area contributed by atoms with Gasteiger partial charge < -0.3 is 10.6 Å². The Balaban J connectivity index is 1.87. The van der Waals surface area contributed by atoms with Crippen molar-refractivity contribution < 1.29 is 18.0 Å². The Bertz CT molecular complexity index is 506. The Morgan fingerprint density at radius 1 is 1.09 bits per heavy atom. The van der Waals surface area contributed by atoms with Gasteiger partial charge in [0.05, 0.1) is 11.6 Å². The van der Waals surface area contributed by atoms with Crippen molar-refractivity contribution in [3.8, 4) is 0 Å². The maximum Gasteiger partial charge on any atom is 0.416 e. The fraction of sp³-hybridized carbons (Fsp3) is 0.588. The van der Waals surface area contributed by atoms with E-state index < -0.39 is 11.7 Å². The fourth-order valence-corrected chi connectivity index (χ4v) is 2.87. The van der Waals surface area contributed by atoms with Gasteiger partial charge in [-0.3, -0.25) is 4.79 Å². The molecule has 0 heterocycles. The van der Waals surface area contributed by atoms with Crippen LogP contribution in [0, 0.1) is 0 Å². The second kappa shape index (κ2) is 7.81. The molecule has 2 rings (SSSR count). The summed E-state index contributed by atoms with van der Waals surface area (Å²) < 4.78 is 37.5. The minimum absolute atomic E-state index is 0.228. The molecule has 1 atom stereocenters. The summed E-state index contributed by atoms with van der Waals surface area (Å²) in [4.78, 5) is 12.2. The lowest BCUT2D eigenvalue weighted by Gasteiger charge is -2.21. The summed E-state index contributed by atoms with van der Waals surface area (Å²) >= 11 is 0. The first-order valence-electron chi connectivity index (χ1n) is 8.10. The number of alkyl halides is 3. The molecule has 2 N–H and O–H groups in total. The van der Waals surface area contributed by atoms with Crippen molar-refractivity contribution in [1.29, 1.82) is 0 Å². The van der Waals surface area contributed by atoms with Crippen molar-refractivity contribution >= 4 is 11.6 Å². The van der Waals surface area contributed by atoms with Gasteiger partial charge in [-0.25, -0.2) is 0 Å². The molecule has 128 valence electrons. The fourth-order valence-electron chi connectivity index (χ4n) is 2.87. The van der Waals surface area contributed by atoms with Gasteiger partial charge in [0.1, 0.15) is 0 Å². The molecule has 0 bridgehead atoms. The minimum Gasteiger partial charge on any atom is -0.325 e. The van der Waals surface area contributed by atoms with E-state index in [4.69, 9.17) is 0 Å². The number of amides is 1. The van der Waals surface area contributed by atoms with E-state index in [1.54, 1.807) is 6.92 Å². The average Bonchev–Trinajstić information content (AvgIpc) is 2.75. The number of carbonyl (C=O) groups excluding carboxylic acids is 1. The van der Waals surface area contributed by atoms with Crippen molar-refractivity contribution in [2.24, 2.45) is 0 Å². The first-order chi connectivity index (χ1) is 10.9. The molecule has 1 aliphatic rings. The molecule has 23 heavy (non-hydrogen) atoms. The highest BCUT2D eigenvalue weighted by Crippen LogP contribution is 2.29. The summed E-state index contributed by atoms with van der Waals surface area (Å²) in [7, 11) is 0. The van der Waals surface area contributed by atoms with Gasteiger partial charge >= 0.3 is 6.18 Å². The van der Waals surface area contributed by atoms with Gasteiger partial charge in [0, 0.05) is 11.7 Å². The zero-order chi connectivity index (χ0) is 16.9. The molecular weight excluding hydrogens is 305 g/mol. The first kappa shape index (κ1) is 17.8. The molecule has 1 amide bonds. The van der Waals surface area contributed by atoms with Crippen LogP contribution in [-0.2, 0) is 11.0 Å². The quantitative estimate of drug-likeness (QED) is 0.807. The van der Waals surface area contributed by atoms with E-state index in [1.165, 1.54) is 37.8 Å². The highest BCUT2D eigenvalue weighted by Gasteiger charge is 2.30. The normalized spacial score (nSPS) is 18.3. The van der Waals surface area contributed by atoms with Gasteiger partial charge in [-0.2, -0.15) is 13.2 Å². The molecule has 0 aliphatic heterocycles. The monoisotopic (exact) mass is 328 g/mol. The summed E-state index contributed by atoms with van der Waals surface area (Å²) in [6.07, 6.45) is 2.59. The predicted molar refractivity (Wildman–Crippen MR) is 84.2 cm³/mol. The maximum absolute atomic E-state index is 12.5. The molecule has 0 saturated heterocycles. The van der Waals surface area contributed by atoms with Gasteiger partial charge in [-0.05, 0) is 44.0 Å². The number of hydrogen-bond acceptors (Lipinski definition) is 2. The van der Waals surface area contributed by atoms with E-state index >= 15 is 0 Å². The third-order valence-corrected chi connectivity index (χ3v) is 4.21. The topological polar surface area (TPSA) is 41.1 Å². The Kier molecular flexibility index (Phi) is 6.04. The average molecular weight is 328 g/mol. The number of halogens is 3. The molecule has 3 nitrogen and oxygen atoms in total. The molecule has 6 heteroatoms. The molecule has 1 aliphatic carbocycles. The second-order valence-corrected chi connectivity index (χ2v) is 6.14. The molecule has 0 aromatic heterocycles. The molecule has 1 saturated carbocycles. The van der Waals surface area contributed by atoms with Gasteiger partial charge in [0.15, 0.2) is 0 Å². The van der Waals surface area contributed by atoms with Crippen LogP contribution in [0.5, 0.6) is 0 Å². The number of anilines is 1. The van der Waals surface area contributed by atoms with Gasteiger partial charge in [-0.1, -0.05) is 25.7 Å². The van der Waals surface area contributed by atoms with Crippen LogP contribution >= 0.6 is 0 Å². The number of rotatable bonds is 4. The van der Waals surface area contributed by atoms with Crippen LogP contribution in [0.15, 0.2) is 24.3 Å². The van der Waals surface area contributed by atoms with Crippen LogP contribution < -0.4 is 10.6 Å². The van der Waals surface area contributed by atoms with E-state index in [-0.39, 0.29) is 11.9 Å². The minimum atomic E-state index is -4.36. The van der Waals surface area contributed by atoms with Gasteiger partial charge in [0.2, 0.25) is 5.91 Å². The van der Waals surface area contributed by atoms with Crippen molar-refractivity contribution in [1.82, 2.24) is 5.32 Å². The third-order valence-electron chi connectivity index (χ3n) is 4.21. The summed E-state index contributed by atoms with van der Waals surface area (Å²) in [6, 6.07) is 4.46. The second-order valence-electron chi connectivity index (χ2n) is 6.14. The van der Waals surface area contributed by atoms with Crippen molar-refractivity contribution in [3.05, 3.63) is 29.8 Å². The highest BCUT2D eigenvalue weighted by atomic mass is 19.4. The lowest BCUT2D eigenvalue weighted by atomic mass is 10.1. The van der Waals surface area contributed by atoms with E-state index in [1.807, 2.05) is 0 Å². The van der Waals surface area contributed by atoms with Crippen LogP contribution in [0.4, 0.5) is 18.9 Å². The van der Waals surface area contributed by atoms with Crippen LogP contribution in [0.1, 0.15) is 51.0 Å². The number of carbonyl (C=O) groups is 1. The summed E-state index contributed by atoms with van der Waals surface area (Å²) in [5.74, 6) is -0.228. The smallest absolute Gasteiger partial charge is 0.325 e. The van der Waals surface area contributed by atoms with Crippen molar-refractivity contribution in [3.63, 3.8) is 0 Å². The van der Waals surface area contributed by atoms with Gasteiger partial charge in [-0.15, -0.1) is 0 Å². The van der Waals surface area contributed by atoms with E-state index in [0.29, 0.717) is 11.7 Å². The molecule has 1 aromatic rings. The number of hydrogen-bond donors (Lipinski definition) is 2. The summed E-state index contributed by atoms with van der Waals surface area (Å²) in [5, 5.41) is 5.98. The van der Waals surface area contributed by atoms with E-state index in [9.17, 15) is 18.0 Å². The third kappa shape index (κ3) is 5.53. The van der Waals surface area contributed by atoms with Crippen LogP contribution in [0.25, 0.3) is 0 Å². The summed E-state index contributed by atoms with van der Waals surface area (Å²) in [6.45, 7) is 1.78. The zero-order valence-corrected chi connectivity index (χ0v) is 13.2. The van der Waals surface area contributed by atoms with Crippen LogP contribution in [-0.4, -0.2) is 18.0 Å². The standard InChI is InChI=1S/C17H23F3N2O/c1-12(21-14-6-4-2-3-5-7-14)16(23)22-15-10-8-13(9-11-15)17(18,19)20/h8-12,14,21H,2-7H2,1H3,(H,22,23)/t12-/m0/s1. The van der Waals surface area contributed by atoms with Crippen LogP contribution in [0.2, 0.25) is 0 Å². The van der Waals surface area contributed by atoms with Gasteiger partial charge in [0.25, 0.3) is 0 Å². The van der Waals surface area contributed by atoms with Crippen LogP contribution in [0.3, 0.4) is 0 Å².